The molecule has 8 nitrogen and oxygen atoms in total. The van der Waals surface area contributed by atoms with Gasteiger partial charge in [0.05, 0.1) is 6.04 Å². The number of phenols is 3. The zero-order valence-electron chi connectivity index (χ0n) is 62.2. The summed E-state index contributed by atoms with van der Waals surface area (Å²) < 4.78 is 0. The van der Waals surface area contributed by atoms with E-state index in [0.29, 0.717) is 85.6 Å². The van der Waals surface area contributed by atoms with E-state index in [2.05, 4.69) is 308 Å². The second kappa shape index (κ2) is 33.7. The van der Waals surface area contributed by atoms with E-state index in [9.17, 15) is 20.4 Å². The van der Waals surface area contributed by atoms with Crippen LogP contribution in [0, 0.1) is 55.4 Å². The molecule has 0 bridgehead atoms. The van der Waals surface area contributed by atoms with E-state index < -0.39 is 0 Å². The summed E-state index contributed by atoms with van der Waals surface area (Å²) in [6, 6.07) is 81.1. The average Bonchev–Trinajstić information content (AvgIpc) is 0.776. The third kappa shape index (κ3) is 18.6. The van der Waals surface area contributed by atoms with Gasteiger partial charge < -0.3 is 40.0 Å². The van der Waals surface area contributed by atoms with Crippen LogP contribution in [0.3, 0.4) is 0 Å². The predicted octanol–water partition coefficient (Wildman–Crippen LogP) is 22.3. The number of aliphatic hydroxyl groups excluding tert-OH is 1. The quantitative estimate of drug-likeness (QED) is 0.0272. The Balaban J connectivity index is 1.11. The van der Waals surface area contributed by atoms with Crippen LogP contribution in [0.2, 0.25) is 0 Å². The normalized spacial score (nSPS) is 12.0. The highest BCUT2D eigenvalue weighted by Gasteiger charge is 2.27. The van der Waals surface area contributed by atoms with Crippen molar-refractivity contribution in [2.24, 2.45) is 0 Å². The molecule has 103 heavy (non-hydrogen) atoms. The van der Waals surface area contributed by atoms with E-state index >= 15 is 0 Å². The van der Waals surface area contributed by atoms with Crippen molar-refractivity contribution >= 4 is 17.1 Å². The van der Waals surface area contributed by atoms with E-state index in [-0.39, 0.29) is 48.3 Å². The maximum Gasteiger partial charge on any atom is 0.122 e. The van der Waals surface area contributed by atoms with Gasteiger partial charge in [-0.3, -0.25) is 0 Å². The first-order valence-corrected chi connectivity index (χ1v) is 36.4. The molecular formula is C95H102N4O4. The van der Waals surface area contributed by atoms with Gasteiger partial charge in [0.25, 0.3) is 0 Å². The molecule has 0 radical (unpaired) electrons. The molecule has 0 saturated carbocycles. The molecule has 0 aromatic heterocycles. The second-order valence-electron chi connectivity index (χ2n) is 28.5. The first-order valence-electron chi connectivity index (χ1n) is 36.4. The molecule has 0 fully saturated rings. The Bertz CT molecular complexity index is 4790. The number of aromatic hydroxyl groups is 3. The lowest BCUT2D eigenvalue weighted by atomic mass is 9.91. The number of aryl methyl sites for hydroxylation is 9. The standard InChI is InChI=1S/C95H102N4O4/c1-13-78-50-89(96(57-74-27-19-15-20-28-74)58-75-29-21-16-22-30-75)52-84(93(78)101)48-85-53-90(98(60-77-33-25-18-26-34-77)62-80-40-36-65(4)44-69(80)8)54-86(95(85)103)49-87-56-91(99(63-81-41-37-66(5)45-70(81)9)72(11)92-42-38-67(6)46-71(92)10)55-83(94(87)102)47-82(73(12)100)51-88(14-2)97(59-76-31-23-17-24-32-76)61-79-39-35-64(3)43-68(79)7/h14-46,50-56,72,100-103H,12-13,47-49,57-63H2,1-11H3/b82-51-,88-14+. The first-order chi connectivity index (χ1) is 49.7. The van der Waals surface area contributed by atoms with Crippen LogP contribution in [0.5, 0.6) is 17.2 Å². The summed E-state index contributed by atoms with van der Waals surface area (Å²) in [5.41, 5.74) is 26.9. The number of benzene rings is 11. The monoisotopic (exact) mass is 1360 g/mol. The van der Waals surface area contributed by atoms with Crippen LogP contribution in [0.1, 0.15) is 149 Å². The fraction of sp³-hybridized carbons (Fsp3) is 0.242. The molecule has 0 saturated heterocycles. The number of phenolic OH excluding ortho intramolecular Hbond substituents is 3. The number of nitrogens with zero attached hydrogens (tertiary/aromatic N) is 4. The highest BCUT2D eigenvalue weighted by molar-refractivity contribution is 5.66. The van der Waals surface area contributed by atoms with Crippen LogP contribution in [0.15, 0.2) is 266 Å². The largest absolute Gasteiger partial charge is 0.508 e. The smallest absolute Gasteiger partial charge is 0.122 e. The molecule has 11 aromatic carbocycles. The molecule has 0 amide bonds. The number of hydrogen-bond donors (Lipinski definition) is 4. The third-order valence-electron chi connectivity index (χ3n) is 20.5. The zero-order chi connectivity index (χ0) is 72.8. The van der Waals surface area contributed by atoms with Gasteiger partial charge in [0.15, 0.2) is 0 Å². The fourth-order valence-electron chi connectivity index (χ4n) is 14.6. The van der Waals surface area contributed by atoms with Crippen LogP contribution in [-0.4, -0.2) is 25.3 Å². The maximum atomic E-state index is 13.5. The molecular weight excluding hydrogens is 1260 g/mol. The van der Waals surface area contributed by atoms with Gasteiger partial charge in [-0.15, -0.1) is 0 Å². The van der Waals surface area contributed by atoms with Crippen molar-refractivity contribution in [3.63, 3.8) is 0 Å². The summed E-state index contributed by atoms with van der Waals surface area (Å²) >= 11 is 0. The first kappa shape index (κ1) is 73.3. The van der Waals surface area contributed by atoms with Crippen LogP contribution in [0.4, 0.5) is 17.1 Å². The Labute approximate surface area is 613 Å². The second-order valence-corrected chi connectivity index (χ2v) is 28.5. The van der Waals surface area contributed by atoms with E-state index in [1.807, 2.05) is 37.3 Å². The van der Waals surface area contributed by atoms with E-state index in [0.717, 1.165) is 50.6 Å². The van der Waals surface area contributed by atoms with Gasteiger partial charge in [-0.05, 0) is 196 Å². The lowest BCUT2D eigenvalue weighted by molar-refractivity contribution is 0.337. The molecule has 8 heteroatoms. The van der Waals surface area contributed by atoms with Crippen molar-refractivity contribution in [3.8, 4) is 17.2 Å². The molecule has 0 aliphatic heterocycles. The Kier molecular flexibility index (Phi) is 24.0. The number of aliphatic hydroxyl groups is 1. The van der Waals surface area contributed by atoms with E-state index in [4.69, 9.17) is 0 Å². The van der Waals surface area contributed by atoms with Crippen LogP contribution >= 0.6 is 0 Å². The van der Waals surface area contributed by atoms with Crippen molar-refractivity contribution in [1.29, 1.82) is 0 Å². The highest BCUT2D eigenvalue weighted by Crippen LogP contribution is 2.43. The van der Waals surface area contributed by atoms with Gasteiger partial charge in [0, 0.05) is 116 Å². The minimum absolute atomic E-state index is 0.0533. The lowest BCUT2D eigenvalue weighted by Gasteiger charge is -2.34. The van der Waals surface area contributed by atoms with Gasteiger partial charge in [-0.1, -0.05) is 236 Å². The number of anilines is 3. The summed E-state index contributed by atoms with van der Waals surface area (Å²) in [4.78, 5) is 9.54. The summed E-state index contributed by atoms with van der Waals surface area (Å²) in [6.45, 7) is 32.0. The Morgan fingerprint density at radius 3 is 1.17 bits per heavy atom. The molecule has 0 spiro atoms. The minimum atomic E-state index is -0.159. The van der Waals surface area contributed by atoms with E-state index in [1.54, 1.807) is 0 Å². The molecule has 0 heterocycles. The minimum Gasteiger partial charge on any atom is -0.508 e. The maximum absolute atomic E-state index is 13.5. The topological polar surface area (TPSA) is 93.9 Å². The average molecular weight is 1360 g/mol. The van der Waals surface area contributed by atoms with Crippen molar-refractivity contribution in [2.45, 2.75) is 154 Å². The summed E-state index contributed by atoms with van der Waals surface area (Å²) in [5, 5.41) is 51.7. The van der Waals surface area contributed by atoms with Crippen molar-refractivity contribution in [1.82, 2.24) is 4.90 Å². The Hall–Kier alpha value is -11.0. The molecule has 1 unspecified atom stereocenters. The predicted molar refractivity (Wildman–Crippen MR) is 430 cm³/mol. The number of rotatable bonds is 29. The molecule has 1 atom stereocenters. The van der Waals surface area contributed by atoms with Gasteiger partial charge in [0.1, 0.15) is 23.0 Å². The van der Waals surface area contributed by atoms with Gasteiger partial charge in [-0.2, -0.15) is 0 Å². The zero-order valence-corrected chi connectivity index (χ0v) is 62.2. The van der Waals surface area contributed by atoms with Crippen molar-refractivity contribution in [2.75, 3.05) is 14.7 Å². The van der Waals surface area contributed by atoms with Crippen LogP contribution in [0.25, 0.3) is 0 Å². The van der Waals surface area contributed by atoms with Gasteiger partial charge in [0.2, 0.25) is 0 Å². The Morgan fingerprint density at radius 2 is 0.748 bits per heavy atom. The van der Waals surface area contributed by atoms with E-state index in [1.165, 1.54) is 66.8 Å². The molecule has 4 N–H and O–H groups in total. The summed E-state index contributed by atoms with van der Waals surface area (Å²) in [6.07, 6.45) is 5.15. The highest BCUT2D eigenvalue weighted by atomic mass is 16.3. The summed E-state index contributed by atoms with van der Waals surface area (Å²) in [7, 11) is 0. The number of hydrogen-bond acceptors (Lipinski definition) is 8. The SMILES string of the molecule is C=C(O)/C(=C\C(=C/C)N(Cc1ccccc1)Cc1ccc(C)cc1C)Cc1cc(N(Cc2ccc(C)cc2C)C(C)c2ccc(C)cc2C)cc(Cc2cc(N(Cc3ccccc3)Cc3ccc(C)cc3C)cc(Cc3cc(N(Cc4ccccc4)Cc4ccccc4)cc(CC)c3O)c2O)c1O. The summed E-state index contributed by atoms with van der Waals surface area (Å²) in [5.74, 6) is 0.230. The molecule has 11 rings (SSSR count). The molecule has 0 aliphatic carbocycles. The Morgan fingerprint density at radius 1 is 0.388 bits per heavy atom. The van der Waals surface area contributed by atoms with Crippen LogP contribution < -0.4 is 14.7 Å². The van der Waals surface area contributed by atoms with Crippen molar-refractivity contribution < 1.29 is 20.4 Å². The number of allylic oxidation sites excluding steroid dienone is 3. The molecule has 526 valence electrons. The molecule has 11 aromatic rings. The van der Waals surface area contributed by atoms with Crippen LogP contribution in [-0.2, 0) is 71.5 Å². The third-order valence-corrected chi connectivity index (χ3v) is 20.5. The van der Waals surface area contributed by atoms with Gasteiger partial charge >= 0.3 is 0 Å². The van der Waals surface area contributed by atoms with Crippen molar-refractivity contribution in [3.05, 3.63) is 389 Å². The molecule has 0 aliphatic rings. The fourth-order valence-corrected chi connectivity index (χ4v) is 14.6. The lowest BCUT2D eigenvalue weighted by Crippen LogP contribution is -2.27. The van der Waals surface area contributed by atoms with Gasteiger partial charge in [-0.25, -0.2) is 0 Å².